The number of sulfonamides is 1. The Morgan fingerprint density at radius 2 is 1.96 bits per heavy atom. The van der Waals surface area contributed by atoms with Crippen LogP contribution in [0.4, 0.5) is 0 Å². The van der Waals surface area contributed by atoms with Gasteiger partial charge in [-0.1, -0.05) is 0 Å². The zero-order valence-corrected chi connectivity index (χ0v) is 15.0. The number of likely N-dealkylation sites (tertiary alicyclic amines) is 1. The Morgan fingerprint density at radius 3 is 2.62 bits per heavy atom. The van der Waals surface area contributed by atoms with Gasteiger partial charge in [-0.3, -0.25) is 4.79 Å². The molecule has 1 amide bonds. The Kier molecular flexibility index (Phi) is 5.24. The summed E-state index contributed by atoms with van der Waals surface area (Å²) in [5, 5.41) is 0.0791. The minimum Gasteiger partial charge on any atom is -0.342 e. The molecule has 24 heavy (non-hydrogen) atoms. The molecule has 0 aromatic carbocycles. The van der Waals surface area contributed by atoms with Gasteiger partial charge in [0.15, 0.2) is 5.03 Å². The normalized spacial score (nSPS) is 23.4. The molecule has 1 aromatic heterocycles. The molecule has 0 bridgehead atoms. The molecule has 0 radical (unpaired) electrons. The molecule has 0 saturated carbocycles. The van der Waals surface area contributed by atoms with Gasteiger partial charge in [0.25, 0.3) is 10.0 Å². The number of nitrogens with zero attached hydrogens (tertiary/aromatic N) is 4. The lowest BCUT2D eigenvalue weighted by atomic mass is 9.97. The molecule has 2 aliphatic heterocycles. The van der Waals surface area contributed by atoms with Crippen molar-refractivity contribution in [2.75, 3.05) is 26.2 Å². The van der Waals surface area contributed by atoms with Crippen LogP contribution in [0.2, 0.25) is 0 Å². The first-order valence-corrected chi connectivity index (χ1v) is 10.3. The summed E-state index contributed by atoms with van der Waals surface area (Å²) in [4.78, 5) is 18.6. The number of hydrogen-bond acceptors (Lipinski definition) is 4. The number of piperidine rings is 2. The average molecular weight is 354 g/mol. The molecule has 0 aliphatic carbocycles. The van der Waals surface area contributed by atoms with E-state index >= 15 is 0 Å². The number of imidazole rings is 1. The predicted molar refractivity (Wildman–Crippen MR) is 89.8 cm³/mol. The SMILES string of the molecule is CCn1cnc(S(=O)(=O)N2CCC[C@@H](C(=O)N3CCCCC3)C2)c1. The molecular formula is C16H26N4O3S. The Morgan fingerprint density at radius 1 is 1.21 bits per heavy atom. The van der Waals surface area contributed by atoms with E-state index in [4.69, 9.17) is 0 Å². The number of rotatable bonds is 4. The highest BCUT2D eigenvalue weighted by molar-refractivity contribution is 7.89. The van der Waals surface area contributed by atoms with Crippen LogP contribution in [-0.2, 0) is 21.4 Å². The molecule has 2 saturated heterocycles. The molecule has 3 rings (SSSR count). The lowest BCUT2D eigenvalue weighted by Crippen LogP contribution is -2.47. The van der Waals surface area contributed by atoms with E-state index in [2.05, 4.69) is 4.98 Å². The highest BCUT2D eigenvalue weighted by Crippen LogP contribution is 2.25. The molecule has 0 unspecified atom stereocenters. The van der Waals surface area contributed by atoms with E-state index < -0.39 is 10.0 Å². The maximum absolute atomic E-state index is 12.8. The van der Waals surface area contributed by atoms with Gasteiger partial charge in [-0.2, -0.15) is 4.31 Å². The molecule has 3 heterocycles. The average Bonchev–Trinajstić information content (AvgIpc) is 3.12. The minimum atomic E-state index is -3.62. The van der Waals surface area contributed by atoms with Crippen molar-refractivity contribution >= 4 is 15.9 Å². The number of amides is 1. The summed E-state index contributed by atoms with van der Waals surface area (Å²) < 4.78 is 28.8. The zero-order valence-electron chi connectivity index (χ0n) is 14.2. The maximum atomic E-state index is 12.8. The van der Waals surface area contributed by atoms with Crippen LogP contribution in [0.1, 0.15) is 39.0 Å². The lowest BCUT2D eigenvalue weighted by molar-refractivity contribution is -0.137. The highest BCUT2D eigenvalue weighted by atomic mass is 32.2. The van der Waals surface area contributed by atoms with Crippen LogP contribution in [0, 0.1) is 5.92 Å². The third-order valence-corrected chi connectivity index (χ3v) is 6.73. The number of aryl methyl sites for hydroxylation is 1. The van der Waals surface area contributed by atoms with E-state index in [0.717, 1.165) is 38.8 Å². The quantitative estimate of drug-likeness (QED) is 0.817. The van der Waals surface area contributed by atoms with Crippen LogP contribution in [-0.4, -0.2) is 59.3 Å². The van der Waals surface area contributed by atoms with Gasteiger partial charge in [0.1, 0.15) is 0 Å². The first-order valence-electron chi connectivity index (χ1n) is 8.83. The Labute approximate surface area is 143 Å². The molecular weight excluding hydrogens is 328 g/mol. The third-order valence-electron chi connectivity index (χ3n) is 4.98. The van der Waals surface area contributed by atoms with Gasteiger partial charge in [-0.05, 0) is 39.0 Å². The van der Waals surface area contributed by atoms with Crippen LogP contribution < -0.4 is 0 Å². The van der Waals surface area contributed by atoms with Gasteiger partial charge < -0.3 is 9.47 Å². The molecule has 7 nitrogen and oxygen atoms in total. The fraction of sp³-hybridized carbons (Fsp3) is 0.750. The van der Waals surface area contributed by atoms with Crippen molar-refractivity contribution in [1.82, 2.24) is 18.8 Å². The van der Waals surface area contributed by atoms with Crippen molar-refractivity contribution in [2.45, 2.75) is 50.6 Å². The standard InChI is InChI=1S/C16H26N4O3S/c1-2-18-12-15(17-13-18)24(22,23)20-10-6-7-14(11-20)16(21)19-8-4-3-5-9-19/h12-14H,2-11H2,1H3/t14-/m1/s1. The number of carbonyl (C=O) groups excluding carboxylic acids is 1. The minimum absolute atomic E-state index is 0.0791. The van der Waals surface area contributed by atoms with Crippen molar-refractivity contribution < 1.29 is 13.2 Å². The van der Waals surface area contributed by atoms with Gasteiger partial charge >= 0.3 is 0 Å². The van der Waals surface area contributed by atoms with Crippen LogP contribution >= 0.6 is 0 Å². The third kappa shape index (κ3) is 3.49. The van der Waals surface area contributed by atoms with E-state index in [1.807, 2.05) is 11.8 Å². The second-order valence-corrected chi connectivity index (χ2v) is 8.52. The second kappa shape index (κ2) is 7.23. The Balaban J connectivity index is 1.71. The fourth-order valence-corrected chi connectivity index (χ4v) is 4.97. The molecule has 0 N–H and O–H groups in total. The van der Waals surface area contributed by atoms with Gasteiger partial charge in [0, 0.05) is 38.9 Å². The fourth-order valence-electron chi connectivity index (χ4n) is 3.51. The summed E-state index contributed by atoms with van der Waals surface area (Å²) in [7, 11) is -3.62. The molecule has 0 spiro atoms. The van der Waals surface area contributed by atoms with E-state index in [9.17, 15) is 13.2 Å². The summed E-state index contributed by atoms with van der Waals surface area (Å²) >= 11 is 0. The van der Waals surface area contributed by atoms with E-state index in [-0.39, 0.29) is 23.4 Å². The van der Waals surface area contributed by atoms with Crippen LogP contribution in [0.25, 0.3) is 0 Å². The van der Waals surface area contributed by atoms with Crippen molar-refractivity contribution in [3.05, 3.63) is 12.5 Å². The predicted octanol–water partition coefficient (Wildman–Crippen LogP) is 1.32. The largest absolute Gasteiger partial charge is 0.342 e. The van der Waals surface area contributed by atoms with Crippen LogP contribution in [0.15, 0.2) is 17.6 Å². The van der Waals surface area contributed by atoms with Gasteiger partial charge in [0.05, 0.1) is 12.2 Å². The van der Waals surface area contributed by atoms with Crippen molar-refractivity contribution in [3.63, 3.8) is 0 Å². The van der Waals surface area contributed by atoms with Crippen molar-refractivity contribution in [1.29, 1.82) is 0 Å². The smallest absolute Gasteiger partial charge is 0.262 e. The van der Waals surface area contributed by atoms with Crippen LogP contribution in [0.5, 0.6) is 0 Å². The van der Waals surface area contributed by atoms with Gasteiger partial charge in [0.2, 0.25) is 5.91 Å². The van der Waals surface area contributed by atoms with E-state index in [1.54, 1.807) is 10.8 Å². The Bertz CT molecular complexity index is 679. The maximum Gasteiger partial charge on any atom is 0.262 e. The Hall–Kier alpha value is -1.41. The highest BCUT2D eigenvalue weighted by Gasteiger charge is 2.36. The monoisotopic (exact) mass is 354 g/mol. The first-order chi connectivity index (χ1) is 11.5. The van der Waals surface area contributed by atoms with Crippen molar-refractivity contribution in [2.24, 2.45) is 5.92 Å². The molecule has 1 atom stereocenters. The lowest BCUT2D eigenvalue weighted by Gasteiger charge is -2.35. The number of hydrogen-bond donors (Lipinski definition) is 0. The number of aromatic nitrogens is 2. The number of carbonyl (C=O) groups is 1. The summed E-state index contributed by atoms with van der Waals surface area (Å²) in [6.07, 6.45) is 7.86. The summed E-state index contributed by atoms with van der Waals surface area (Å²) in [5.41, 5.74) is 0. The zero-order chi connectivity index (χ0) is 17.2. The van der Waals surface area contributed by atoms with Gasteiger partial charge in [-0.25, -0.2) is 13.4 Å². The summed E-state index contributed by atoms with van der Waals surface area (Å²) in [5.74, 6) is -0.103. The molecule has 134 valence electrons. The first kappa shape index (κ1) is 17.4. The molecule has 2 fully saturated rings. The topological polar surface area (TPSA) is 75.5 Å². The van der Waals surface area contributed by atoms with Crippen molar-refractivity contribution in [3.8, 4) is 0 Å². The van der Waals surface area contributed by atoms with Gasteiger partial charge in [-0.15, -0.1) is 0 Å². The van der Waals surface area contributed by atoms with E-state index in [1.165, 1.54) is 17.1 Å². The molecule has 8 heteroatoms. The molecule has 1 aromatic rings. The second-order valence-electron chi connectivity index (χ2n) is 6.63. The van der Waals surface area contributed by atoms with Crippen LogP contribution in [0.3, 0.4) is 0 Å². The molecule has 2 aliphatic rings. The van der Waals surface area contributed by atoms with E-state index in [0.29, 0.717) is 13.1 Å². The summed E-state index contributed by atoms with van der Waals surface area (Å²) in [6, 6.07) is 0. The summed E-state index contributed by atoms with van der Waals surface area (Å²) in [6.45, 7) is 4.97.